The first-order valence-electron chi connectivity index (χ1n) is 8.80. The van der Waals surface area contributed by atoms with Gasteiger partial charge in [0.05, 0.1) is 10.2 Å². The summed E-state index contributed by atoms with van der Waals surface area (Å²) in [7, 11) is 0. The number of amides is 1. The molecule has 1 aromatic carbocycles. The Hall–Kier alpha value is -3.72. The Labute approximate surface area is 168 Å². The molecule has 2 aliphatic heterocycles. The number of benzene rings is 1. The van der Waals surface area contributed by atoms with Crippen molar-refractivity contribution in [2.24, 2.45) is 4.99 Å². The number of aromatic nitrogens is 2. The normalized spacial score (nSPS) is 16.0. The third kappa shape index (κ3) is 3.43. The van der Waals surface area contributed by atoms with Crippen molar-refractivity contribution in [2.45, 2.75) is 0 Å². The molecule has 1 amide bonds. The number of carbonyl (C=O) groups excluding carboxylic acids is 1. The van der Waals surface area contributed by atoms with Crippen molar-refractivity contribution in [3.05, 3.63) is 57.6 Å². The van der Waals surface area contributed by atoms with Crippen LogP contribution in [-0.2, 0) is 4.79 Å². The standard InChI is InChI=1S/C20H14N4O4S/c25-18-12(7-11-8-14-15(10-13(11)22-18)28-6-5-27-14)9-16-19(26)24-20(29-16)23-17-3-1-2-4-21-17/h1-4,7-10,26H,5-6H2,(H,21,23,24)/b12-9-. The van der Waals surface area contributed by atoms with Crippen LogP contribution in [0.1, 0.15) is 4.88 Å². The van der Waals surface area contributed by atoms with Crippen LogP contribution in [0.4, 0.5) is 10.9 Å². The van der Waals surface area contributed by atoms with E-state index in [9.17, 15) is 9.90 Å². The average molecular weight is 406 g/mol. The molecule has 144 valence electrons. The number of rotatable bonds is 3. The maximum absolute atomic E-state index is 12.5. The molecule has 0 spiro atoms. The van der Waals surface area contributed by atoms with Gasteiger partial charge in [0.1, 0.15) is 19.0 Å². The summed E-state index contributed by atoms with van der Waals surface area (Å²) in [5.41, 5.74) is 0.345. The van der Waals surface area contributed by atoms with Gasteiger partial charge in [0, 0.05) is 23.1 Å². The molecule has 5 rings (SSSR count). The third-order valence-electron chi connectivity index (χ3n) is 4.29. The van der Waals surface area contributed by atoms with Gasteiger partial charge in [-0.3, -0.25) is 4.79 Å². The number of thiazole rings is 1. The number of hydrogen-bond donors (Lipinski definition) is 2. The lowest BCUT2D eigenvalue weighted by Crippen LogP contribution is -2.32. The lowest BCUT2D eigenvalue weighted by Gasteiger charge is -2.18. The van der Waals surface area contributed by atoms with Crippen molar-refractivity contribution in [1.82, 2.24) is 9.97 Å². The number of hydrogen-bond acceptors (Lipinski definition) is 8. The fourth-order valence-corrected chi connectivity index (χ4v) is 3.79. The second kappa shape index (κ2) is 7.02. The molecule has 2 N–H and O–H groups in total. The first-order valence-corrected chi connectivity index (χ1v) is 9.61. The molecule has 0 saturated carbocycles. The van der Waals surface area contributed by atoms with Crippen LogP contribution in [0.5, 0.6) is 17.4 Å². The van der Waals surface area contributed by atoms with Crippen LogP contribution in [0.15, 0.2) is 47.1 Å². The Kier molecular flexibility index (Phi) is 4.21. The van der Waals surface area contributed by atoms with Gasteiger partial charge in [-0.05, 0) is 30.4 Å². The molecule has 4 heterocycles. The highest BCUT2D eigenvalue weighted by molar-refractivity contribution is 7.16. The number of nitrogens with one attached hydrogen (secondary N) is 1. The van der Waals surface area contributed by atoms with Crippen LogP contribution in [0.3, 0.4) is 0 Å². The summed E-state index contributed by atoms with van der Waals surface area (Å²) in [5, 5.41) is 14.9. The van der Waals surface area contributed by atoms with E-state index in [4.69, 9.17) is 9.47 Å². The van der Waals surface area contributed by atoms with Crippen LogP contribution in [0.25, 0.3) is 12.2 Å². The minimum atomic E-state index is -0.402. The second-order valence-corrected chi connectivity index (χ2v) is 7.29. The smallest absolute Gasteiger partial charge is 0.277 e. The van der Waals surface area contributed by atoms with Crippen LogP contribution in [-0.4, -0.2) is 34.2 Å². The summed E-state index contributed by atoms with van der Waals surface area (Å²) in [4.78, 5) is 25.3. The number of pyridine rings is 1. The molecule has 0 bridgehead atoms. The Bertz CT molecular complexity index is 1270. The minimum absolute atomic E-state index is 0.171. The summed E-state index contributed by atoms with van der Waals surface area (Å²) in [5.74, 6) is 1.24. The van der Waals surface area contributed by atoms with Crippen LogP contribution < -0.4 is 25.4 Å². The van der Waals surface area contributed by atoms with Crippen molar-refractivity contribution in [2.75, 3.05) is 18.5 Å². The van der Waals surface area contributed by atoms with Gasteiger partial charge in [-0.25, -0.2) is 9.98 Å². The van der Waals surface area contributed by atoms with E-state index in [0.717, 1.165) is 5.22 Å². The topological polar surface area (TPSA) is 106 Å². The van der Waals surface area contributed by atoms with Gasteiger partial charge in [-0.15, -0.1) is 0 Å². The van der Waals surface area contributed by atoms with Crippen molar-refractivity contribution in [3.8, 4) is 17.4 Å². The zero-order chi connectivity index (χ0) is 19.8. The molecular weight excluding hydrogens is 392 g/mol. The fourth-order valence-electron chi connectivity index (χ4n) is 2.97. The number of anilines is 2. The molecule has 8 nitrogen and oxygen atoms in total. The zero-order valence-electron chi connectivity index (χ0n) is 15.0. The second-order valence-electron chi connectivity index (χ2n) is 6.26. The third-order valence-corrected chi connectivity index (χ3v) is 5.20. The number of nitrogens with zero attached hydrogens (tertiary/aromatic N) is 3. The van der Waals surface area contributed by atoms with Crippen molar-refractivity contribution in [1.29, 1.82) is 0 Å². The molecule has 2 aromatic heterocycles. The molecule has 2 aliphatic rings. The predicted octanol–water partition coefficient (Wildman–Crippen LogP) is 1.78. The number of fused-ring (bicyclic) bond motifs is 2. The summed E-state index contributed by atoms with van der Waals surface area (Å²) in [6, 6.07) is 8.94. The van der Waals surface area contributed by atoms with Crippen molar-refractivity contribution >= 4 is 40.3 Å². The summed E-state index contributed by atoms with van der Waals surface area (Å²) in [6.07, 6.45) is 4.94. The van der Waals surface area contributed by atoms with Gasteiger partial charge in [0.15, 0.2) is 16.6 Å². The Morgan fingerprint density at radius 3 is 2.79 bits per heavy atom. The van der Waals surface area contributed by atoms with Crippen LogP contribution >= 0.6 is 11.3 Å². The number of ether oxygens (including phenoxy) is 2. The summed E-state index contributed by atoms with van der Waals surface area (Å²) in [6.45, 7) is 0.944. The van der Waals surface area contributed by atoms with Gasteiger partial charge >= 0.3 is 0 Å². The molecule has 0 aliphatic carbocycles. The molecule has 0 saturated heterocycles. The Morgan fingerprint density at radius 1 is 1.17 bits per heavy atom. The lowest BCUT2D eigenvalue weighted by molar-refractivity contribution is -0.114. The Balaban J connectivity index is 1.50. The quantitative estimate of drug-likeness (QED) is 0.639. The first-order chi connectivity index (χ1) is 14.2. The first kappa shape index (κ1) is 17.4. The van der Waals surface area contributed by atoms with E-state index in [0.29, 0.717) is 51.5 Å². The van der Waals surface area contributed by atoms with E-state index in [1.807, 2.05) is 6.07 Å². The highest BCUT2D eigenvalue weighted by Gasteiger charge is 2.18. The highest BCUT2D eigenvalue weighted by atomic mass is 32.1. The van der Waals surface area contributed by atoms with Crippen LogP contribution in [0.2, 0.25) is 0 Å². The van der Waals surface area contributed by atoms with E-state index in [2.05, 4.69) is 20.3 Å². The largest absolute Gasteiger partial charge is 0.492 e. The van der Waals surface area contributed by atoms with E-state index in [-0.39, 0.29) is 5.88 Å². The maximum atomic E-state index is 12.5. The average Bonchev–Trinajstić information content (AvgIpc) is 3.06. The maximum Gasteiger partial charge on any atom is 0.277 e. The zero-order valence-corrected chi connectivity index (χ0v) is 15.8. The molecular formula is C20H14N4O4S. The van der Waals surface area contributed by atoms with Crippen molar-refractivity contribution in [3.63, 3.8) is 0 Å². The van der Waals surface area contributed by atoms with Gasteiger partial charge in [0.25, 0.3) is 5.91 Å². The van der Waals surface area contributed by atoms with Gasteiger partial charge in [-0.1, -0.05) is 17.4 Å². The molecule has 0 atom stereocenters. The molecule has 0 unspecified atom stereocenters. The number of carbonyl (C=O) groups is 1. The SMILES string of the molecule is O=C1N=c2cc3c(cc2=C/C1=C/c1sc(Nc2ccccn2)nc1O)OCCO3. The van der Waals surface area contributed by atoms with E-state index < -0.39 is 5.91 Å². The fraction of sp³-hybridized carbons (Fsp3) is 0.100. The van der Waals surface area contributed by atoms with Crippen molar-refractivity contribution < 1.29 is 19.4 Å². The minimum Gasteiger partial charge on any atom is -0.492 e. The number of aromatic hydroxyl groups is 1. The molecule has 0 fully saturated rings. The van der Waals surface area contributed by atoms with Gasteiger partial charge < -0.3 is 19.9 Å². The molecule has 9 heteroatoms. The Morgan fingerprint density at radius 2 is 2.00 bits per heavy atom. The highest BCUT2D eigenvalue weighted by Crippen LogP contribution is 2.32. The van der Waals surface area contributed by atoms with Gasteiger partial charge in [-0.2, -0.15) is 4.98 Å². The summed E-state index contributed by atoms with van der Waals surface area (Å²) >= 11 is 1.21. The predicted molar refractivity (Wildman–Crippen MR) is 107 cm³/mol. The van der Waals surface area contributed by atoms with E-state index in [1.54, 1.807) is 42.6 Å². The van der Waals surface area contributed by atoms with E-state index >= 15 is 0 Å². The van der Waals surface area contributed by atoms with Gasteiger partial charge in [0.2, 0.25) is 5.88 Å². The van der Waals surface area contributed by atoms with E-state index in [1.165, 1.54) is 11.3 Å². The molecule has 0 radical (unpaired) electrons. The molecule has 3 aromatic rings. The molecule has 29 heavy (non-hydrogen) atoms. The lowest BCUT2D eigenvalue weighted by atomic mass is 10.1. The monoisotopic (exact) mass is 406 g/mol. The van der Waals surface area contributed by atoms with Crippen LogP contribution in [0, 0.1) is 0 Å². The summed E-state index contributed by atoms with van der Waals surface area (Å²) < 4.78 is 11.1.